The number of ether oxygens (including phenoxy) is 1. The van der Waals surface area contributed by atoms with Crippen LogP contribution in [-0.2, 0) is 14.4 Å². The van der Waals surface area contributed by atoms with Gasteiger partial charge in [0.15, 0.2) is 6.61 Å². The monoisotopic (exact) mass is 314 g/mol. The predicted octanol–water partition coefficient (Wildman–Crippen LogP) is 0.378. The highest BCUT2D eigenvalue weighted by Gasteiger charge is 2.13. The summed E-state index contributed by atoms with van der Waals surface area (Å²) in [6, 6.07) is 6.47. The van der Waals surface area contributed by atoms with E-state index >= 15 is 0 Å². The number of carboxylic acids is 1. The zero-order valence-corrected chi connectivity index (χ0v) is 12.1. The first-order valence-electron chi connectivity index (χ1n) is 5.99. The molecule has 8 heteroatoms. The fraction of sp³-hybridized carbons (Fsp3) is 0.308. The van der Waals surface area contributed by atoms with Gasteiger partial charge in [-0.05, 0) is 24.3 Å². The van der Waals surface area contributed by atoms with Crippen LogP contribution in [-0.4, -0.2) is 54.5 Å². The quantitative estimate of drug-likeness (QED) is 0.758. The van der Waals surface area contributed by atoms with Gasteiger partial charge in [-0.1, -0.05) is 11.6 Å². The van der Waals surface area contributed by atoms with Crippen LogP contribution < -0.4 is 10.1 Å². The summed E-state index contributed by atoms with van der Waals surface area (Å²) in [4.78, 5) is 34.4. The highest BCUT2D eigenvalue weighted by Crippen LogP contribution is 2.15. The van der Waals surface area contributed by atoms with Crippen LogP contribution >= 0.6 is 11.6 Å². The molecule has 0 aliphatic rings. The molecule has 2 N–H and O–H groups in total. The fourth-order valence-electron chi connectivity index (χ4n) is 1.33. The van der Waals surface area contributed by atoms with Crippen LogP contribution in [0.5, 0.6) is 5.75 Å². The average Bonchev–Trinajstić information content (AvgIpc) is 2.43. The Hall–Kier alpha value is -2.28. The van der Waals surface area contributed by atoms with Crippen LogP contribution in [0.1, 0.15) is 0 Å². The van der Waals surface area contributed by atoms with Crippen molar-refractivity contribution in [1.82, 2.24) is 10.2 Å². The van der Waals surface area contributed by atoms with Crippen molar-refractivity contribution in [2.24, 2.45) is 0 Å². The van der Waals surface area contributed by atoms with Crippen LogP contribution in [0.4, 0.5) is 0 Å². The number of halogens is 1. The fourth-order valence-corrected chi connectivity index (χ4v) is 1.46. The number of nitrogens with zero attached hydrogens (tertiary/aromatic N) is 1. The summed E-state index contributed by atoms with van der Waals surface area (Å²) >= 11 is 5.71. The molecular formula is C13H15ClN2O5. The SMILES string of the molecule is CN(CC(=O)O)C(=O)CNC(=O)COc1ccc(Cl)cc1. The molecule has 0 saturated carbocycles. The summed E-state index contributed by atoms with van der Waals surface area (Å²) in [5.41, 5.74) is 0. The number of nitrogens with one attached hydrogen (secondary N) is 1. The summed E-state index contributed by atoms with van der Waals surface area (Å²) in [6.07, 6.45) is 0. The molecule has 0 aliphatic carbocycles. The first-order chi connectivity index (χ1) is 9.88. The van der Waals surface area contributed by atoms with E-state index in [1.54, 1.807) is 24.3 Å². The number of carbonyl (C=O) groups is 3. The molecule has 7 nitrogen and oxygen atoms in total. The standard InChI is InChI=1S/C13H15ClN2O5/c1-16(7-13(19)20)12(18)6-15-11(17)8-21-10-4-2-9(14)3-5-10/h2-5H,6-8H2,1H3,(H,15,17)(H,19,20). The van der Waals surface area contributed by atoms with Crippen molar-refractivity contribution < 1.29 is 24.2 Å². The number of benzene rings is 1. The molecule has 0 spiro atoms. The van der Waals surface area contributed by atoms with Crippen molar-refractivity contribution in [3.05, 3.63) is 29.3 Å². The molecule has 0 radical (unpaired) electrons. The van der Waals surface area contributed by atoms with Gasteiger partial charge in [-0.25, -0.2) is 0 Å². The molecule has 0 fully saturated rings. The van der Waals surface area contributed by atoms with E-state index in [4.69, 9.17) is 21.4 Å². The van der Waals surface area contributed by atoms with E-state index in [0.29, 0.717) is 10.8 Å². The van der Waals surface area contributed by atoms with Crippen molar-refractivity contribution in [2.75, 3.05) is 26.7 Å². The lowest BCUT2D eigenvalue weighted by molar-refractivity contribution is -0.143. The predicted molar refractivity (Wildman–Crippen MR) is 75.2 cm³/mol. The zero-order chi connectivity index (χ0) is 15.8. The molecule has 0 atom stereocenters. The average molecular weight is 315 g/mol. The second kappa shape index (κ2) is 8.11. The Bertz CT molecular complexity index is 518. The van der Waals surface area contributed by atoms with E-state index in [1.165, 1.54) is 7.05 Å². The normalized spacial score (nSPS) is 9.81. The summed E-state index contributed by atoms with van der Waals surface area (Å²) in [5, 5.41) is 11.4. The molecule has 1 aromatic rings. The Labute approximate surface area is 126 Å². The Morgan fingerprint density at radius 3 is 2.48 bits per heavy atom. The maximum Gasteiger partial charge on any atom is 0.323 e. The van der Waals surface area contributed by atoms with Gasteiger partial charge in [-0.2, -0.15) is 0 Å². The van der Waals surface area contributed by atoms with Crippen molar-refractivity contribution >= 4 is 29.4 Å². The van der Waals surface area contributed by atoms with E-state index in [-0.39, 0.29) is 13.2 Å². The zero-order valence-electron chi connectivity index (χ0n) is 11.3. The van der Waals surface area contributed by atoms with E-state index in [2.05, 4.69) is 5.32 Å². The number of likely N-dealkylation sites (N-methyl/N-ethyl adjacent to an activating group) is 1. The highest BCUT2D eigenvalue weighted by atomic mass is 35.5. The first kappa shape index (κ1) is 16.8. The highest BCUT2D eigenvalue weighted by molar-refractivity contribution is 6.30. The molecule has 0 bridgehead atoms. The molecule has 0 aromatic heterocycles. The molecule has 0 saturated heterocycles. The van der Waals surface area contributed by atoms with Gasteiger partial charge in [0.05, 0.1) is 6.54 Å². The number of carboxylic acid groups (broad SMARTS) is 1. The number of rotatable bonds is 7. The van der Waals surface area contributed by atoms with E-state index in [1.807, 2.05) is 0 Å². The smallest absolute Gasteiger partial charge is 0.323 e. The number of carbonyl (C=O) groups excluding carboxylic acids is 2. The molecule has 1 aromatic carbocycles. The molecule has 2 amide bonds. The summed E-state index contributed by atoms with van der Waals surface area (Å²) in [5.74, 6) is -1.63. The van der Waals surface area contributed by atoms with E-state index in [0.717, 1.165) is 4.90 Å². The molecule has 0 aliphatic heterocycles. The van der Waals surface area contributed by atoms with Gasteiger partial charge in [0.1, 0.15) is 12.3 Å². The third-order valence-corrected chi connectivity index (χ3v) is 2.67. The number of hydrogen-bond donors (Lipinski definition) is 2. The van der Waals surface area contributed by atoms with Crippen molar-refractivity contribution in [3.63, 3.8) is 0 Å². The van der Waals surface area contributed by atoms with Gasteiger partial charge in [0, 0.05) is 12.1 Å². The molecular weight excluding hydrogens is 300 g/mol. The minimum Gasteiger partial charge on any atom is -0.484 e. The molecule has 21 heavy (non-hydrogen) atoms. The van der Waals surface area contributed by atoms with Gasteiger partial charge in [0.25, 0.3) is 5.91 Å². The number of amides is 2. The van der Waals surface area contributed by atoms with Crippen LogP contribution in [0.15, 0.2) is 24.3 Å². The van der Waals surface area contributed by atoms with E-state index < -0.39 is 24.3 Å². The van der Waals surface area contributed by atoms with Crippen LogP contribution in [0, 0.1) is 0 Å². The molecule has 1 rings (SSSR count). The molecule has 0 unspecified atom stereocenters. The van der Waals surface area contributed by atoms with Crippen molar-refractivity contribution in [2.45, 2.75) is 0 Å². The lowest BCUT2D eigenvalue weighted by Crippen LogP contribution is -2.41. The Morgan fingerprint density at radius 2 is 1.90 bits per heavy atom. The first-order valence-corrected chi connectivity index (χ1v) is 6.37. The third kappa shape index (κ3) is 6.62. The van der Waals surface area contributed by atoms with Gasteiger partial charge in [0.2, 0.25) is 5.91 Å². The van der Waals surface area contributed by atoms with Crippen molar-refractivity contribution in [3.8, 4) is 5.75 Å². The number of aliphatic carboxylic acids is 1. The lowest BCUT2D eigenvalue weighted by Gasteiger charge is -2.14. The van der Waals surface area contributed by atoms with Crippen LogP contribution in [0.25, 0.3) is 0 Å². The third-order valence-electron chi connectivity index (χ3n) is 2.42. The maximum absolute atomic E-state index is 11.5. The lowest BCUT2D eigenvalue weighted by atomic mass is 10.3. The minimum absolute atomic E-state index is 0.252. The Kier molecular flexibility index (Phi) is 6.48. The number of hydrogen-bond acceptors (Lipinski definition) is 4. The second-order valence-corrected chi connectivity index (χ2v) is 4.60. The minimum atomic E-state index is -1.12. The maximum atomic E-state index is 11.5. The van der Waals surface area contributed by atoms with Gasteiger partial charge >= 0.3 is 5.97 Å². The molecule has 0 heterocycles. The topological polar surface area (TPSA) is 95.9 Å². The van der Waals surface area contributed by atoms with Crippen LogP contribution in [0.2, 0.25) is 5.02 Å². The van der Waals surface area contributed by atoms with Gasteiger partial charge in [-0.3, -0.25) is 14.4 Å². The van der Waals surface area contributed by atoms with Crippen molar-refractivity contribution in [1.29, 1.82) is 0 Å². The van der Waals surface area contributed by atoms with Gasteiger partial charge < -0.3 is 20.1 Å². The Balaban J connectivity index is 2.29. The second-order valence-electron chi connectivity index (χ2n) is 4.16. The van der Waals surface area contributed by atoms with E-state index in [9.17, 15) is 14.4 Å². The Morgan fingerprint density at radius 1 is 1.29 bits per heavy atom. The largest absolute Gasteiger partial charge is 0.484 e. The summed E-state index contributed by atoms with van der Waals surface area (Å²) in [7, 11) is 1.34. The van der Waals surface area contributed by atoms with Gasteiger partial charge in [-0.15, -0.1) is 0 Å². The van der Waals surface area contributed by atoms with Crippen LogP contribution in [0.3, 0.4) is 0 Å². The summed E-state index contributed by atoms with van der Waals surface area (Å²) < 4.78 is 5.19. The summed E-state index contributed by atoms with van der Waals surface area (Å²) in [6.45, 7) is -0.958. The molecule has 114 valence electrons.